The molecule has 0 saturated heterocycles. The number of imidazole rings is 1. The Morgan fingerprint density at radius 2 is 1.68 bits per heavy atom. The lowest BCUT2D eigenvalue weighted by Gasteiger charge is -2.28. The molecule has 1 atom stereocenters. The zero-order valence-corrected chi connectivity index (χ0v) is 27.9. The predicted octanol–water partition coefficient (Wildman–Crippen LogP) is 6.69. The number of carbonyl (C=O) groups excluding carboxylic acids is 2. The number of amides is 2. The summed E-state index contributed by atoms with van der Waals surface area (Å²) in [7, 11) is -1.13. The predicted molar refractivity (Wildman–Crippen MR) is 175 cm³/mol. The highest BCUT2D eigenvalue weighted by Gasteiger charge is 2.48. The van der Waals surface area contributed by atoms with Crippen LogP contribution in [0.5, 0.6) is 0 Å². The molecule has 1 aromatic carbocycles. The maximum atomic E-state index is 13.9. The second-order valence-electron chi connectivity index (χ2n) is 14.6. The van der Waals surface area contributed by atoms with E-state index in [1.807, 2.05) is 44.4 Å². The third kappa shape index (κ3) is 7.34. The second kappa shape index (κ2) is 12.6. The minimum absolute atomic E-state index is 0.0496. The van der Waals surface area contributed by atoms with Crippen molar-refractivity contribution in [3.63, 3.8) is 0 Å². The maximum Gasteiger partial charge on any atom is 0.270 e. The molecule has 2 N–H and O–H groups in total. The summed E-state index contributed by atoms with van der Waals surface area (Å²) in [6.45, 7) is 12.4. The average Bonchev–Trinajstić information content (AvgIpc) is 3.91. The number of ether oxygens (including phenoxy) is 1. The fourth-order valence-corrected chi connectivity index (χ4v) is 7.08. The first-order valence-corrected chi connectivity index (χ1v) is 20.2. The van der Waals surface area contributed by atoms with Gasteiger partial charge in [-0.15, -0.1) is 0 Å². The number of aromatic nitrogens is 4. The van der Waals surface area contributed by atoms with Gasteiger partial charge < -0.3 is 19.9 Å². The molecule has 6 rings (SSSR count). The van der Waals surface area contributed by atoms with Gasteiger partial charge in [0.25, 0.3) is 5.91 Å². The molecule has 3 aromatic rings. The van der Waals surface area contributed by atoms with Crippen molar-refractivity contribution < 1.29 is 14.3 Å². The van der Waals surface area contributed by atoms with Gasteiger partial charge in [-0.3, -0.25) is 14.3 Å². The van der Waals surface area contributed by atoms with E-state index in [2.05, 4.69) is 39.9 Å². The molecule has 44 heavy (non-hydrogen) atoms. The number of benzene rings is 1. The Morgan fingerprint density at radius 1 is 1.00 bits per heavy atom. The Bertz CT molecular complexity index is 1450. The van der Waals surface area contributed by atoms with Crippen LogP contribution in [0.3, 0.4) is 0 Å². The number of hydrogen-bond acceptors (Lipinski definition) is 5. The van der Waals surface area contributed by atoms with E-state index >= 15 is 0 Å². The summed E-state index contributed by atoms with van der Waals surface area (Å²) in [5.41, 5.74) is 4.48. The maximum absolute atomic E-state index is 13.9. The van der Waals surface area contributed by atoms with E-state index in [0.29, 0.717) is 30.2 Å². The molecule has 2 aromatic heterocycles. The third-order valence-corrected chi connectivity index (χ3v) is 10.9. The van der Waals surface area contributed by atoms with Crippen molar-refractivity contribution in [3.8, 4) is 11.3 Å². The molecule has 2 heterocycles. The van der Waals surface area contributed by atoms with Crippen molar-refractivity contribution in [2.75, 3.05) is 11.9 Å². The van der Waals surface area contributed by atoms with Crippen LogP contribution < -0.4 is 10.6 Å². The van der Waals surface area contributed by atoms with Crippen LogP contribution in [0, 0.1) is 17.8 Å². The topological polar surface area (TPSA) is 103 Å². The molecule has 0 spiro atoms. The average molecular weight is 617 g/mol. The van der Waals surface area contributed by atoms with Crippen molar-refractivity contribution in [2.24, 2.45) is 17.8 Å². The number of carbonyl (C=O) groups is 2. The van der Waals surface area contributed by atoms with E-state index < -0.39 is 14.1 Å². The molecule has 0 bridgehead atoms. The molecule has 2 amide bonds. The molecular weight excluding hydrogens is 568 g/mol. The first-order chi connectivity index (χ1) is 21.1. The van der Waals surface area contributed by atoms with Crippen molar-refractivity contribution >= 4 is 25.6 Å². The van der Waals surface area contributed by atoms with E-state index in [4.69, 9.17) is 9.72 Å². The lowest BCUT2D eigenvalue weighted by Crippen LogP contribution is -2.50. The van der Waals surface area contributed by atoms with Gasteiger partial charge in [-0.2, -0.15) is 5.10 Å². The number of nitrogens with zero attached hydrogens (tertiary/aromatic N) is 4. The van der Waals surface area contributed by atoms with Crippen molar-refractivity contribution in [1.82, 2.24) is 24.6 Å². The Kier molecular flexibility index (Phi) is 8.83. The lowest BCUT2D eigenvalue weighted by molar-refractivity contribution is -0.119. The van der Waals surface area contributed by atoms with Gasteiger partial charge in [0.1, 0.15) is 18.5 Å². The highest BCUT2D eigenvalue weighted by molar-refractivity contribution is 6.76. The number of anilines is 1. The van der Waals surface area contributed by atoms with Crippen molar-refractivity contribution in [2.45, 2.75) is 103 Å². The van der Waals surface area contributed by atoms with Crippen LogP contribution in [0.1, 0.15) is 80.5 Å². The van der Waals surface area contributed by atoms with E-state index in [1.54, 1.807) is 16.9 Å². The summed E-state index contributed by atoms with van der Waals surface area (Å²) in [4.78, 5) is 32.1. The fraction of sp³-hybridized carbons (Fsp3) is 0.588. The zero-order valence-electron chi connectivity index (χ0n) is 26.9. The molecule has 3 saturated carbocycles. The molecule has 0 radical (unpaired) electrons. The number of hydrogen-bond donors (Lipinski definition) is 2. The van der Waals surface area contributed by atoms with Crippen molar-refractivity contribution in [1.29, 1.82) is 0 Å². The van der Waals surface area contributed by atoms with Gasteiger partial charge in [-0.1, -0.05) is 31.8 Å². The summed E-state index contributed by atoms with van der Waals surface area (Å²) >= 11 is 0. The summed E-state index contributed by atoms with van der Waals surface area (Å²) < 4.78 is 9.93. The molecule has 3 fully saturated rings. The normalized spacial score (nSPS) is 17.7. The van der Waals surface area contributed by atoms with Crippen LogP contribution in [0.25, 0.3) is 11.3 Å². The fourth-order valence-electron chi connectivity index (χ4n) is 6.32. The van der Waals surface area contributed by atoms with Crippen LogP contribution in [-0.4, -0.2) is 51.9 Å². The molecule has 10 heteroatoms. The smallest absolute Gasteiger partial charge is 0.270 e. The minimum atomic E-state index is -1.13. The van der Waals surface area contributed by atoms with Crippen LogP contribution in [0.2, 0.25) is 25.7 Å². The molecule has 3 aliphatic carbocycles. The van der Waals surface area contributed by atoms with E-state index in [-0.39, 0.29) is 23.8 Å². The first-order valence-electron chi connectivity index (χ1n) is 16.5. The van der Waals surface area contributed by atoms with Crippen LogP contribution in [0.4, 0.5) is 5.69 Å². The van der Waals surface area contributed by atoms with Gasteiger partial charge in [0.05, 0.1) is 17.7 Å². The molecule has 3 aliphatic rings. The van der Waals surface area contributed by atoms with Crippen LogP contribution in [0.15, 0.2) is 42.9 Å². The minimum Gasteiger partial charge on any atom is -0.361 e. The van der Waals surface area contributed by atoms with Gasteiger partial charge in [0, 0.05) is 44.1 Å². The Morgan fingerprint density at radius 3 is 2.27 bits per heavy atom. The third-order valence-electron chi connectivity index (χ3n) is 9.17. The highest BCUT2D eigenvalue weighted by atomic mass is 28.3. The Hall–Kier alpha value is -3.24. The Balaban J connectivity index is 1.16. The largest absolute Gasteiger partial charge is 0.361 e. The lowest BCUT2D eigenvalue weighted by atomic mass is 9.88. The van der Waals surface area contributed by atoms with Gasteiger partial charge in [-0.25, -0.2) is 4.98 Å². The first kappa shape index (κ1) is 30.8. The Labute approximate surface area is 262 Å². The SMILES string of the molecule is CC(C)n1nccc1C(=O)NC(C(=O)Nc1ccc(-c2ncn(COCC[Si](C)(C)C)c2C2CC2)cc1)C(C1CC1)C1CC1. The second-order valence-corrected chi connectivity index (χ2v) is 20.2. The monoisotopic (exact) mass is 616 g/mol. The molecular formula is C34H48N6O3Si. The number of nitrogens with one attached hydrogen (secondary N) is 2. The molecule has 9 nitrogen and oxygen atoms in total. The van der Waals surface area contributed by atoms with E-state index in [1.165, 1.54) is 18.5 Å². The zero-order chi connectivity index (χ0) is 31.0. The standard InChI is InChI=1S/C34H48N6O3Si/c1-22(2)40-28(16-17-36-40)33(41)38-31(29(23-6-7-23)24-8-9-24)34(42)37-27-14-12-25(13-15-27)30-32(26-10-11-26)39(20-35-30)21-43-18-19-44(3,4)5/h12-17,20,22-24,26,29,31H,6-11,18-19,21H2,1-5H3,(H,37,42)(H,38,41). The highest BCUT2D eigenvalue weighted by Crippen LogP contribution is 2.51. The van der Waals surface area contributed by atoms with Gasteiger partial charge >= 0.3 is 0 Å². The molecule has 1 unspecified atom stereocenters. The van der Waals surface area contributed by atoms with Crippen molar-refractivity contribution in [3.05, 3.63) is 54.2 Å². The number of rotatable bonds is 15. The summed E-state index contributed by atoms with van der Waals surface area (Å²) in [6.07, 6.45) is 10.4. The van der Waals surface area contributed by atoms with E-state index in [0.717, 1.165) is 55.3 Å². The van der Waals surface area contributed by atoms with Gasteiger partial charge in [-0.05, 0) is 94.4 Å². The summed E-state index contributed by atoms with van der Waals surface area (Å²) in [5.74, 6) is 1.27. The van der Waals surface area contributed by atoms with Gasteiger partial charge in [0.2, 0.25) is 5.91 Å². The van der Waals surface area contributed by atoms with E-state index in [9.17, 15) is 9.59 Å². The van der Waals surface area contributed by atoms with Crippen LogP contribution >= 0.6 is 0 Å². The molecule has 236 valence electrons. The summed E-state index contributed by atoms with van der Waals surface area (Å²) in [5, 5.41) is 10.6. The van der Waals surface area contributed by atoms with Gasteiger partial charge in [0.15, 0.2) is 0 Å². The molecule has 0 aliphatic heterocycles. The van der Waals surface area contributed by atoms with Crippen LogP contribution in [-0.2, 0) is 16.3 Å². The quantitative estimate of drug-likeness (QED) is 0.146. The summed E-state index contributed by atoms with van der Waals surface area (Å²) in [6, 6.07) is 10.3.